The number of hydrogen-bond acceptors (Lipinski definition) is 4. The Hall–Kier alpha value is -2.47. The van der Waals surface area contributed by atoms with Crippen molar-refractivity contribution in [1.82, 2.24) is 4.90 Å². The molecule has 6 heteroatoms. The number of benzene rings is 1. The van der Waals surface area contributed by atoms with Gasteiger partial charge in [0.15, 0.2) is 5.78 Å². The molecule has 2 amide bonds. The maximum Gasteiger partial charge on any atom is 0.253 e. The summed E-state index contributed by atoms with van der Waals surface area (Å²) in [5.41, 5.74) is 1.21. The van der Waals surface area contributed by atoms with Crippen LogP contribution in [0.3, 0.4) is 0 Å². The summed E-state index contributed by atoms with van der Waals surface area (Å²) in [4.78, 5) is 39.0. The van der Waals surface area contributed by atoms with Crippen molar-refractivity contribution < 1.29 is 14.4 Å². The highest BCUT2D eigenvalue weighted by Gasteiger charge is 2.19. The summed E-state index contributed by atoms with van der Waals surface area (Å²) in [6.07, 6.45) is 3.25. The van der Waals surface area contributed by atoms with Crippen molar-refractivity contribution in [3.05, 3.63) is 52.2 Å². The number of anilines is 1. The fourth-order valence-electron chi connectivity index (χ4n) is 3.03. The lowest BCUT2D eigenvalue weighted by Gasteiger charge is -2.15. The molecule has 5 nitrogen and oxygen atoms in total. The average Bonchev–Trinajstić information content (AvgIpc) is 3.35. The van der Waals surface area contributed by atoms with Crippen LogP contribution in [-0.2, 0) is 4.79 Å². The molecule has 0 saturated carbocycles. The van der Waals surface area contributed by atoms with E-state index in [0.717, 1.165) is 30.8 Å². The first-order valence-corrected chi connectivity index (χ1v) is 9.77. The minimum atomic E-state index is -0.144. The van der Waals surface area contributed by atoms with Gasteiger partial charge in [0.25, 0.3) is 5.91 Å². The first kappa shape index (κ1) is 18.3. The molecule has 0 spiro atoms. The van der Waals surface area contributed by atoms with E-state index in [2.05, 4.69) is 5.32 Å². The Kier molecular flexibility index (Phi) is 6.17. The third kappa shape index (κ3) is 4.79. The summed E-state index contributed by atoms with van der Waals surface area (Å²) in [7, 11) is 0. The predicted octanol–water partition coefficient (Wildman–Crippen LogP) is 3.98. The standard InChI is InChI=1S/C20H22N2O3S/c23-17(18-9-5-13-26-18)8-4-10-19(24)21-16-7-3-6-15(14-16)20(25)22-11-1-2-12-22/h3,5-7,9,13-14H,1-2,4,8,10-12H2,(H,21,24). The summed E-state index contributed by atoms with van der Waals surface area (Å²) >= 11 is 1.42. The van der Waals surface area contributed by atoms with Crippen molar-refractivity contribution in [2.45, 2.75) is 32.1 Å². The summed E-state index contributed by atoms with van der Waals surface area (Å²) in [5.74, 6) is -0.0547. The molecule has 1 fully saturated rings. The van der Waals surface area contributed by atoms with Crippen molar-refractivity contribution in [2.75, 3.05) is 18.4 Å². The van der Waals surface area contributed by atoms with Gasteiger partial charge in [0.2, 0.25) is 5.91 Å². The van der Waals surface area contributed by atoms with E-state index in [0.29, 0.717) is 24.1 Å². The number of hydrogen-bond donors (Lipinski definition) is 1. The quantitative estimate of drug-likeness (QED) is 0.750. The highest BCUT2D eigenvalue weighted by Crippen LogP contribution is 2.17. The number of nitrogens with zero attached hydrogens (tertiary/aromatic N) is 1. The number of likely N-dealkylation sites (tertiary alicyclic amines) is 1. The number of Topliss-reactive ketones (excluding diaryl/α,β-unsaturated/α-hetero) is 1. The molecule has 2 aromatic rings. The van der Waals surface area contributed by atoms with E-state index in [4.69, 9.17) is 0 Å². The smallest absolute Gasteiger partial charge is 0.253 e. The third-order valence-electron chi connectivity index (χ3n) is 4.39. The lowest BCUT2D eigenvalue weighted by Crippen LogP contribution is -2.27. The SMILES string of the molecule is O=C(CCCC(=O)c1cccs1)Nc1cccc(C(=O)N2CCCC2)c1. The molecule has 1 aliphatic heterocycles. The molecular weight excluding hydrogens is 348 g/mol. The van der Waals surface area contributed by atoms with Crippen LogP contribution < -0.4 is 5.32 Å². The summed E-state index contributed by atoms with van der Waals surface area (Å²) in [6.45, 7) is 1.60. The molecule has 1 aliphatic rings. The number of nitrogens with one attached hydrogen (secondary N) is 1. The number of thiophene rings is 1. The van der Waals surface area contributed by atoms with Gasteiger partial charge in [0, 0.05) is 37.2 Å². The minimum Gasteiger partial charge on any atom is -0.339 e. The summed E-state index contributed by atoms with van der Waals surface area (Å²) in [5, 5.41) is 4.69. The Morgan fingerprint density at radius 2 is 1.85 bits per heavy atom. The Morgan fingerprint density at radius 3 is 2.58 bits per heavy atom. The van der Waals surface area contributed by atoms with E-state index in [1.165, 1.54) is 11.3 Å². The van der Waals surface area contributed by atoms with E-state index in [9.17, 15) is 14.4 Å². The predicted molar refractivity (Wildman–Crippen MR) is 103 cm³/mol. The first-order chi connectivity index (χ1) is 12.6. The second-order valence-electron chi connectivity index (χ2n) is 6.38. The fourth-order valence-corrected chi connectivity index (χ4v) is 3.72. The van der Waals surface area contributed by atoms with Crippen LogP contribution in [0.2, 0.25) is 0 Å². The van der Waals surface area contributed by atoms with Gasteiger partial charge in [0.05, 0.1) is 4.88 Å². The zero-order valence-corrected chi connectivity index (χ0v) is 15.4. The van der Waals surface area contributed by atoms with Gasteiger partial charge in [-0.15, -0.1) is 11.3 Å². The van der Waals surface area contributed by atoms with Crippen molar-refractivity contribution in [2.24, 2.45) is 0 Å². The second-order valence-corrected chi connectivity index (χ2v) is 7.33. The van der Waals surface area contributed by atoms with Gasteiger partial charge in [-0.2, -0.15) is 0 Å². The van der Waals surface area contributed by atoms with E-state index >= 15 is 0 Å². The number of carbonyl (C=O) groups excluding carboxylic acids is 3. The molecule has 3 rings (SSSR count). The van der Waals surface area contributed by atoms with Gasteiger partial charge in [-0.05, 0) is 48.9 Å². The van der Waals surface area contributed by atoms with E-state index in [-0.39, 0.29) is 24.0 Å². The maximum absolute atomic E-state index is 12.4. The van der Waals surface area contributed by atoms with Crippen LogP contribution >= 0.6 is 11.3 Å². The number of rotatable bonds is 7. The monoisotopic (exact) mass is 370 g/mol. The summed E-state index contributed by atoms with van der Waals surface area (Å²) in [6, 6.07) is 10.7. The topological polar surface area (TPSA) is 66.5 Å². The van der Waals surface area contributed by atoms with E-state index < -0.39 is 0 Å². The minimum absolute atomic E-state index is 0.0140. The first-order valence-electron chi connectivity index (χ1n) is 8.89. The van der Waals surface area contributed by atoms with Crippen LogP contribution in [0.4, 0.5) is 5.69 Å². The third-order valence-corrected chi connectivity index (χ3v) is 5.30. The Balaban J connectivity index is 1.48. The lowest BCUT2D eigenvalue weighted by atomic mass is 10.1. The average molecular weight is 370 g/mol. The Morgan fingerprint density at radius 1 is 1.04 bits per heavy atom. The molecule has 1 saturated heterocycles. The normalized spacial score (nSPS) is 13.6. The molecule has 136 valence electrons. The van der Waals surface area contributed by atoms with Gasteiger partial charge in [-0.25, -0.2) is 0 Å². The van der Waals surface area contributed by atoms with Crippen molar-refractivity contribution in [1.29, 1.82) is 0 Å². The van der Waals surface area contributed by atoms with Crippen LogP contribution in [0.1, 0.15) is 52.1 Å². The number of amides is 2. The molecule has 26 heavy (non-hydrogen) atoms. The van der Waals surface area contributed by atoms with Crippen LogP contribution in [0.25, 0.3) is 0 Å². The van der Waals surface area contributed by atoms with Crippen molar-refractivity contribution in [3.63, 3.8) is 0 Å². The highest BCUT2D eigenvalue weighted by atomic mass is 32.1. The molecule has 1 aromatic carbocycles. The summed E-state index contributed by atoms with van der Waals surface area (Å²) < 4.78 is 0. The molecule has 0 unspecified atom stereocenters. The molecule has 1 N–H and O–H groups in total. The van der Waals surface area contributed by atoms with Crippen molar-refractivity contribution in [3.8, 4) is 0 Å². The van der Waals surface area contributed by atoms with Gasteiger partial charge in [-0.1, -0.05) is 12.1 Å². The van der Waals surface area contributed by atoms with Crippen LogP contribution in [0.5, 0.6) is 0 Å². The Bertz CT molecular complexity index is 780. The van der Waals surface area contributed by atoms with Crippen molar-refractivity contribution >= 4 is 34.6 Å². The molecule has 0 radical (unpaired) electrons. The molecule has 0 atom stereocenters. The van der Waals surface area contributed by atoms with Gasteiger partial charge < -0.3 is 10.2 Å². The van der Waals surface area contributed by atoms with Gasteiger partial charge >= 0.3 is 0 Å². The number of ketones is 1. The molecule has 0 bridgehead atoms. The van der Waals surface area contributed by atoms with Gasteiger partial charge in [0.1, 0.15) is 0 Å². The fraction of sp³-hybridized carbons (Fsp3) is 0.350. The van der Waals surface area contributed by atoms with Crippen LogP contribution in [-0.4, -0.2) is 35.6 Å². The Labute approximate surface area is 157 Å². The van der Waals surface area contributed by atoms with Gasteiger partial charge in [-0.3, -0.25) is 14.4 Å². The maximum atomic E-state index is 12.4. The second kappa shape index (κ2) is 8.76. The highest BCUT2D eigenvalue weighted by molar-refractivity contribution is 7.12. The van der Waals surface area contributed by atoms with E-state index in [1.807, 2.05) is 16.3 Å². The zero-order chi connectivity index (χ0) is 18.4. The largest absolute Gasteiger partial charge is 0.339 e. The van der Waals surface area contributed by atoms with Crippen LogP contribution in [0.15, 0.2) is 41.8 Å². The lowest BCUT2D eigenvalue weighted by molar-refractivity contribution is -0.116. The molecule has 2 heterocycles. The molecule has 0 aliphatic carbocycles. The zero-order valence-electron chi connectivity index (χ0n) is 14.6. The number of carbonyl (C=O) groups is 3. The van der Waals surface area contributed by atoms with E-state index in [1.54, 1.807) is 30.3 Å². The molecule has 1 aromatic heterocycles. The molecular formula is C20H22N2O3S. The van der Waals surface area contributed by atoms with Crippen LogP contribution in [0, 0.1) is 0 Å².